The normalized spacial score (nSPS) is 38.1. The number of nitrogens with zero attached hydrogens (tertiary/aromatic N) is 1. The van der Waals surface area contributed by atoms with Crippen LogP contribution in [0.3, 0.4) is 0 Å². The summed E-state index contributed by atoms with van der Waals surface area (Å²) in [6, 6.07) is 0. The molecule has 0 aliphatic heterocycles. The fraction of sp³-hybridized carbons (Fsp3) is 0.500. The van der Waals surface area contributed by atoms with Crippen molar-refractivity contribution in [3.8, 4) is 0 Å². The van der Waals surface area contributed by atoms with E-state index in [9.17, 15) is 10.1 Å². The summed E-state index contributed by atoms with van der Waals surface area (Å²) < 4.78 is -0.212. The third-order valence-corrected chi connectivity index (χ3v) is 2.89. The summed E-state index contributed by atoms with van der Waals surface area (Å²) in [5.74, 6) is 0.496. The quantitative estimate of drug-likeness (QED) is 0.382. The molecular weight excluding hydrogens is 174 g/mol. The summed E-state index contributed by atoms with van der Waals surface area (Å²) in [6.07, 6.45) is 7.04. The van der Waals surface area contributed by atoms with Crippen LogP contribution in [0, 0.1) is 16.0 Å². The first kappa shape index (κ1) is 7.86. The van der Waals surface area contributed by atoms with Gasteiger partial charge in [-0.1, -0.05) is 6.08 Å². The number of hydrogen-bond acceptors (Lipinski definition) is 3. The summed E-state index contributed by atoms with van der Waals surface area (Å²) >= 11 is 4.39. The zero-order chi connectivity index (χ0) is 8.77. The summed E-state index contributed by atoms with van der Waals surface area (Å²) in [5, 5.41) is 10.5. The van der Waals surface area contributed by atoms with Crippen molar-refractivity contribution in [2.75, 3.05) is 0 Å². The predicted octanol–water partition coefficient (Wildman–Crippen LogP) is 1.80. The van der Waals surface area contributed by atoms with E-state index in [2.05, 4.69) is 12.6 Å². The van der Waals surface area contributed by atoms with Crippen molar-refractivity contribution in [3.05, 3.63) is 34.0 Å². The fourth-order valence-electron chi connectivity index (χ4n) is 1.77. The van der Waals surface area contributed by atoms with E-state index in [0.29, 0.717) is 5.92 Å². The third-order valence-electron chi connectivity index (χ3n) is 2.40. The zero-order valence-electron chi connectivity index (χ0n) is 6.43. The highest BCUT2D eigenvalue weighted by atomic mass is 32.1. The van der Waals surface area contributed by atoms with Crippen molar-refractivity contribution in [2.45, 2.75) is 17.6 Å². The van der Waals surface area contributed by atoms with Crippen molar-refractivity contribution < 1.29 is 4.92 Å². The molecular formula is C8H9NO2S. The minimum atomic E-state index is -0.352. The van der Waals surface area contributed by atoms with Crippen molar-refractivity contribution >= 4 is 12.6 Å². The largest absolute Gasteiger partial charge is 0.266 e. The van der Waals surface area contributed by atoms with Gasteiger partial charge in [-0.25, -0.2) is 0 Å². The molecule has 2 bridgehead atoms. The molecule has 4 heteroatoms. The van der Waals surface area contributed by atoms with Gasteiger partial charge in [0.15, 0.2) is 0 Å². The van der Waals surface area contributed by atoms with Gasteiger partial charge < -0.3 is 0 Å². The molecule has 0 aromatic carbocycles. The lowest BCUT2D eigenvalue weighted by molar-refractivity contribution is -0.419. The molecule has 0 aromatic heterocycles. The molecule has 3 rings (SSSR count). The molecule has 0 radical (unpaired) electrons. The van der Waals surface area contributed by atoms with Crippen LogP contribution >= 0.6 is 12.6 Å². The molecule has 0 aromatic rings. The Labute approximate surface area is 75.7 Å². The van der Waals surface area contributed by atoms with Crippen molar-refractivity contribution in [3.63, 3.8) is 0 Å². The molecule has 12 heavy (non-hydrogen) atoms. The van der Waals surface area contributed by atoms with Crippen LogP contribution in [0.4, 0.5) is 0 Å². The minimum absolute atomic E-state index is 0.185. The Balaban J connectivity index is 2.33. The summed E-state index contributed by atoms with van der Waals surface area (Å²) in [4.78, 5) is 10.1. The smallest absolute Gasteiger partial charge is 0.258 e. The maximum Gasteiger partial charge on any atom is 0.266 e. The molecule has 0 unspecified atom stereocenters. The highest BCUT2D eigenvalue weighted by Crippen LogP contribution is 2.47. The maximum absolute atomic E-state index is 10.5. The van der Waals surface area contributed by atoms with Crippen molar-refractivity contribution in [1.82, 2.24) is 0 Å². The number of allylic oxidation sites excluding steroid dienone is 2. The van der Waals surface area contributed by atoms with E-state index in [1.807, 2.05) is 6.08 Å². The highest BCUT2D eigenvalue weighted by Gasteiger charge is 2.41. The van der Waals surface area contributed by atoms with Gasteiger partial charge in [-0.15, -0.1) is 0 Å². The number of fused-ring (bicyclic) bond motifs is 1. The van der Waals surface area contributed by atoms with Gasteiger partial charge in [-0.05, 0) is 18.8 Å². The van der Waals surface area contributed by atoms with E-state index in [-0.39, 0.29) is 15.4 Å². The average Bonchev–Trinajstić information content (AvgIpc) is 2.15. The third kappa shape index (κ3) is 1.16. The van der Waals surface area contributed by atoms with E-state index < -0.39 is 0 Å². The molecule has 0 atom stereocenters. The lowest BCUT2D eigenvalue weighted by Gasteiger charge is -2.39. The van der Waals surface area contributed by atoms with Crippen LogP contribution in [0.25, 0.3) is 0 Å². The fourth-order valence-corrected chi connectivity index (χ4v) is 2.38. The van der Waals surface area contributed by atoms with E-state index in [1.54, 1.807) is 12.2 Å². The Hall–Kier alpha value is -0.770. The van der Waals surface area contributed by atoms with Gasteiger partial charge in [-0.3, -0.25) is 10.1 Å². The topological polar surface area (TPSA) is 43.1 Å². The molecule has 0 amide bonds. The van der Waals surface area contributed by atoms with Crippen LogP contribution in [-0.4, -0.2) is 9.67 Å². The van der Waals surface area contributed by atoms with E-state index in [1.165, 1.54) is 0 Å². The molecule has 0 spiro atoms. The van der Waals surface area contributed by atoms with Gasteiger partial charge >= 0.3 is 0 Å². The second-order valence-corrected chi connectivity index (χ2v) is 4.35. The maximum atomic E-state index is 10.5. The number of rotatable bonds is 1. The SMILES string of the molecule is O=[N+]([O-])C1=CC2(S)CC(C=C1)C2. The molecule has 1 fully saturated rings. The number of thiol groups is 1. The minimum Gasteiger partial charge on any atom is -0.258 e. The number of hydrogen-bond donors (Lipinski definition) is 1. The van der Waals surface area contributed by atoms with Crippen LogP contribution in [0.15, 0.2) is 23.9 Å². The van der Waals surface area contributed by atoms with E-state index >= 15 is 0 Å². The standard InChI is InChI=1S/C8H9NO2S/c10-9(11)7-2-1-6-3-8(12,4-6)5-7/h1-2,5-6,12H,3-4H2. The monoisotopic (exact) mass is 183 g/mol. The first-order valence-electron chi connectivity index (χ1n) is 3.87. The molecule has 3 nitrogen and oxygen atoms in total. The Morgan fingerprint density at radius 2 is 2.33 bits per heavy atom. The van der Waals surface area contributed by atoms with Crippen LogP contribution in [0.1, 0.15) is 12.8 Å². The Morgan fingerprint density at radius 3 is 2.92 bits per heavy atom. The molecule has 0 saturated heterocycles. The molecule has 0 heterocycles. The molecule has 1 saturated carbocycles. The number of nitro groups is 1. The van der Waals surface area contributed by atoms with Gasteiger partial charge in [0.1, 0.15) is 0 Å². The summed E-state index contributed by atoms with van der Waals surface area (Å²) in [6.45, 7) is 0. The van der Waals surface area contributed by atoms with E-state index in [4.69, 9.17) is 0 Å². The Morgan fingerprint density at radius 1 is 1.67 bits per heavy atom. The van der Waals surface area contributed by atoms with Crippen LogP contribution in [0.2, 0.25) is 0 Å². The van der Waals surface area contributed by atoms with Crippen LogP contribution < -0.4 is 0 Å². The van der Waals surface area contributed by atoms with Crippen LogP contribution in [-0.2, 0) is 0 Å². The molecule has 0 N–H and O–H groups in total. The zero-order valence-corrected chi connectivity index (χ0v) is 7.33. The first-order valence-corrected chi connectivity index (χ1v) is 4.32. The second kappa shape index (κ2) is 2.36. The molecule has 3 aliphatic rings. The summed E-state index contributed by atoms with van der Waals surface area (Å²) in [5.41, 5.74) is 0.185. The Bertz CT molecular complexity index is 289. The van der Waals surface area contributed by atoms with E-state index in [0.717, 1.165) is 12.8 Å². The van der Waals surface area contributed by atoms with Gasteiger partial charge in [0.2, 0.25) is 0 Å². The van der Waals surface area contributed by atoms with Crippen molar-refractivity contribution in [1.29, 1.82) is 0 Å². The second-order valence-electron chi connectivity index (χ2n) is 3.46. The molecule has 64 valence electrons. The van der Waals surface area contributed by atoms with Gasteiger partial charge in [-0.2, -0.15) is 12.6 Å². The molecule has 3 aliphatic carbocycles. The summed E-state index contributed by atoms with van der Waals surface area (Å²) in [7, 11) is 0. The lowest BCUT2D eigenvalue weighted by Crippen LogP contribution is -2.35. The highest BCUT2D eigenvalue weighted by molar-refractivity contribution is 7.82. The predicted molar refractivity (Wildman–Crippen MR) is 48.7 cm³/mol. The average molecular weight is 183 g/mol. The van der Waals surface area contributed by atoms with Crippen molar-refractivity contribution in [2.24, 2.45) is 5.92 Å². The van der Waals surface area contributed by atoms with Crippen LogP contribution in [0.5, 0.6) is 0 Å². The Kier molecular flexibility index (Phi) is 1.54. The van der Waals surface area contributed by atoms with Gasteiger partial charge in [0.05, 0.1) is 4.92 Å². The lowest BCUT2D eigenvalue weighted by atomic mass is 9.75. The first-order chi connectivity index (χ1) is 5.59. The van der Waals surface area contributed by atoms with Gasteiger partial charge in [0, 0.05) is 16.9 Å². The van der Waals surface area contributed by atoms with Gasteiger partial charge in [0.25, 0.3) is 5.70 Å².